The van der Waals surface area contributed by atoms with Gasteiger partial charge in [-0.1, -0.05) is 13.8 Å². The first kappa shape index (κ1) is 14.9. The lowest BCUT2D eigenvalue weighted by Gasteiger charge is -2.12. The van der Waals surface area contributed by atoms with E-state index >= 15 is 0 Å². The fourth-order valence-electron chi connectivity index (χ4n) is 1.60. The second-order valence-corrected chi connectivity index (χ2v) is 5.06. The summed E-state index contributed by atoms with van der Waals surface area (Å²) in [7, 11) is 4.09. The van der Waals surface area contributed by atoms with Gasteiger partial charge >= 0.3 is 0 Å². The molecule has 0 aliphatic carbocycles. The van der Waals surface area contributed by atoms with Crippen LogP contribution in [0.25, 0.3) is 0 Å². The summed E-state index contributed by atoms with van der Waals surface area (Å²) in [6, 6.07) is 3.74. The van der Waals surface area contributed by atoms with E-state index in [0.29, 0.717) is 18.4 Å². The molecule has 102 valence electrons. The molecular weight excluding hydrogens is 228 g/mol. The maximum atomic E-state index is 9.22. The molecule has 0 saturated heterocycles. The minimum Gasteiger partial charge on any atom is -0.478 e. The fourth-order valence-corrected chi connectivity index (χ4v) is 1.60. The van der Waals surface area contributed by atoms with Crippen LogP contribution in [0.15, 0.2) is 12.1 Å². The van der Waals surface area contributed by atoms with E-state index in [1.165, 1.54) is 0 Å². The molecule has 0 radical (unpaired) electrons. The Balaban J connectivity index is 2.61. The van der Waals surface area contributed by atoms with Gasteiger partial charge in [0.2, 0.25) is 5.88 Å². The Hall–Kier alpha value is -1.13. The lowest BCUT2D eigenvalue weighted by Crippen LogP contribution is -2.15. The Morgan fingerprint density at radius 3 is 2.61 bits per heavy atom. The lowest BCUT2D eigenvalue weighted by atomic mass is 10.1. The topological polar surface area (TPSA) is 45.6 Å². The van der Waals surface area contributed by atoms with Gasteiger partial charge in [0, 0.05) is 18.3 Å². The Morgan fingerprint density at radius 1 is 1.33 bits per heavy atom. The third kappa shape index (κ3) is 5.02. The van der Waals surface area contributed by atoms with Crippen LogP contribution in [-0.2, 0) is 6.61 Å². The van der Waals surface area contributed by atoms with Gasteiger partial charge in [0.1, 0.15) is 0 Å². The molecule has 1 N–H and O–H groups in total. The number of ether oxygens (including phenoxy) is 1. The predicted molar refractivity (Wildman–Crippen MR) is 72.9 cm³/mol. The maximum absolute atomic E-state index is 9.22. The maximum Gasteiger partial charge on any atom is 0.213 e. The number of pyridine rings is 1. The van der Waals surface area contributed by atoms with E-state index in [1.54, 1.807) is 0 Å². The predicted octanol–water partition coefficient (Wildman–Crippen LogP) is 2.03. The van der Waals surface area contributed by atoms with E-state index in [-0.39, 0.29) is 6.61 Å². The van der Waals surface area contributed by atoms with E-state index in [0.717, 1.165) is 24.2 Å². The zero-order valence-corrected chi connectivity index (χ0v) is 11.8. The average Bonchev–Trinajstić information content (AvgIpc) is 2.34. The van der Waals surface area contributed by atoms with Crippen molar-refractivity contribution in [2.24, 2.45) is 0 Å². The van der Waals surface area contributed by atoms with Crippen LogP contribution in [-0.4, -0.2) is 42.2 Å². The molecule has 0 amide bonds. The number of rotatable bonds is 7. The molecule has 1 aromatic rings. The van der Waals surface area contributed by atoms with Gasteiger partial charge in [-0.25, -0.2) is 4.98 Å². The van der Waals surface area contributed by atoms with E-state index in [9.17, 15) is 5.11 Å². The smallest absolute Gasteiger partial charge is 0.213 e. The summed E-state index contributed by atoms with van der Waals surface area (Å²) in [5.41, 5.74) is 1.82. The summed E-state index contributed by atoms with van der Waals surface area (Å²) in [4.78, 5) is 6.58. The highest BCUT2D eigenvalue weighted by molar-refractivity contribution is 5.26. The zero-order valence-electron chi connectivity index (χ0n) is 11.8. The summed E-state index contributed by atoms with van der Waals surface area (Å²) < 4.78 is 5.64. The van der Waals surface area contributed by atoms with Crippen LogP contribution < -0.4 is 4.74 Å². The first-order chi connectivity index (χ1) is 8.52. The van der Waals surface area contributed by atoms with Gasteiger partial charge in [-0.3, -0.25) is 0 Å². The highest BCUT2D eigenvalue weighted by Gasteiger charge is 2.06. The molecule has 18 heavy (non-hydrogen) atoms. The van der Waals surface area contributed by atoms with Gasteiger partial charge in [0.25, 0.3) is 0 Å². The van der Waals surface area contributed by atoms with Crippen molar-refractivity contribution >= 4 is 0 Å². The van der Waals surface area contributed by atoms with Crippen molar-refractivity contribution in [1.29, 1.82) is 0 Å². The molecule has 1 rings (SSSR count). The highest BCUT2D eigenvalue weighted by atomic mass is 16.5. The minimum atomic E-state index is 0.0241. The van der Waals surface area contributed by atoms with E-state index in [1.807, 2.05) is 26.2 Å². The number of hydrogen-bond donors (Lipinski definition) is 1. The summed E-state index contributed by atoms with van der Waals surface area (Å²) in [6.45, 7) is 5.84. The fraction of sp³-hybridized carbons (Fsp3) is 0.643. The molecule has 0 unspecified atom stereocenters. The molecule has 0 aromatic carbocycles. The van der Waals surface area contributed by atoms with Gasteiger partial charge in [-0.15, -0.1) is 0 Å². The number of aliphatic hydroxyl groups excluding tert-OH is 1. The highest BCUT2D eigenvalue weighted by Crippen LogP contribution is 2.19. The lowest BCUT2D eigenvalue weighted by molar-refractivity contribution is 0.266. The molecule has 4 heteroatoms. The normalized spacial score (nSPS) is 11.3. The zero-order chi connectivity index (χ0) is 13.5. The van der Waals surface area contributed by atoms with Gasteiger partial charge in [0.15, 0.2) is 0 Å². The monoisotopic (exact) mass is 252 g/mol. The van der Waals surface area contributed by atoms with Crippen LogP contribution in [0, 0.1) is 0 Å². The number of aliphatic hydroxyl groups is 1. The van der Waals surface area contributed by atoms with Gasteiger partial charge in [0.05, 0.1) is 13.2 Å². The first-order valence-corrected chi connectivity index (χ1v) is 6.42. The van der Waals surface area contributed by atoms with Crippen molar-refractivity contribution in [3.05, 3.63) is 23.4 Å². The van der Waals surface area contributed by atoms with Crippen molar-refractivity contribution in [2.45, 2.75) is 32.8 Å². The van der Waals surface area contributed by atoms with Crippen LogP contribution in [0.4, 0.5) is 0 Å². The van der Waals surface area contributed by atoms with Crippen LogP contribution >= 0.6 is 0 Å². The largest absolute Gasteiger partial charge is 0.478 e. The third-order valence-electron chi connectivity index (χ3n) is 2.66. The Morgan fingerprint density at radius 2 is 2.06 bits per heavy atom. The number of nitrogens with zero attached hydrogens (tertiary/aromatic N) is 2. The molecule has 1 heterocycles. The van der Waals surface area contributed by atoms with Crippen LogP contribution in [0.3, 0.4) is 0 Å². The second kappa shape index (κ2) is 7.34. The SMILES string of the molecule is CC(C)c1cc(CO)cc(OCCCN(C)C)n1. The van der Waals surface area contributed by atoms with Crippen molar-refractivity contribution in [1.82, 2.24) is 9.88 Å². The molecule has 0 aliphatic heterocycles. The summed E-state index contributed by atoms with van der Waals surface area (Å²) in [5.74, 6) is 0.949. The molecule has 1 aromatic heterocycles. The van der Waals surface area contributed by atoms with Crippen LogP contribution in [0.2, 0.25) is 0 Å². The summed E-state index contributed by atoms with van der Waals surface area (Å²) >= 11 is 0. The van der Waals surface area contributed by atoms with Gasteiger partial charge < -0.3 is 14.7 Å². The summed E-state index contributed by atoms with van der Waals surface area (Å²) in [6.07, 6.45) is 0.967. The molecule has 0 aliphatic rings. The molecule has 0 saturated carbocycles. The van der Waals surface area contributed by atoms with Gasteiger partial charge in [-0.05, 0) is 38.1 Å². The molecule has 0 bridgehead atoms. The van der Waals surface area contributed by atoms with E-state index in [2.05, 4.69) is 23.7 Å². The standard InChI is InChI=1S/C14H24N2O2/c1-11(2)13-8-12(10-17)9-14(15-13)18-7-5-6-16(3)4/h8-9,11,17H,5-7,10H2,1-4H3. The minimum absolute atomic E-state index is 0.0241. The van der Waals surface area contributed by atoms with Crippen molar-refractivity contribution in [3.63, 3.8) is 0 Å². The Labute approximate surface area is 110 Å². The van der Waals surface area contributed by atoms with Crippen molar-refractivity contribution in [3.8, 4) is 5.88 Å². The number of hydrogen-bond acceptors (Lipinski definition) is 4. The average molecular weight is 252 g/mol. The van der Waals surface area contributed by atoms with Crippen molar-refractivity contribution in [2.75, 3.05) is 27.2 Å². The number of aromatic nitrogens is 1. The van der Waals surface area contributed by atoms with Gasteiger partial charge in [-0.2, -0.15) is 0 Å². The van der Waals surface area contributed by atoms with E-state index < -0.39 is 0 Å². The van der Waals surface area contributed by atoms with Crippen molar-refractivity contribution < 1.29 is 9.84 Å². The summed E-state index contributed by atoms with van der Waals surface area (Å²) in [5, 5.41) is 9.22. The second-order valence-electron chi connectivity index (χ2n) is 5.06. The molecule has 4 nitrogen and oxygen atoms in total. The van der Waals surface area contributed by atoms with E-state index in [4.69, 9.17) is 4.74 Å². The molecule has 0 atom stereocenters. The first-order valence-electron chi connectivity index (χ1n) is 6.42. The molecule has 0 fully saturated rings. The molecule has 0 spiro atoms. The van der Waals surface area contributed by atoms with Crippen LogP contribution in [0.5, 0.6) is 5.88 Å². The third-order valence-corrected chi connectivity index (χ3v) is 2.66. The van der Waals surface area contributed by atoms with Crippen LogP contribution in [0.1, 0.15) is 37.4 Å². The quantitative estimate of drug-likeness (QED) is 0.754. The molecular formula is C14H24N2O2. The Kier molecular flexibility index (Phi) is 6.09. The Bertz CT molecular complexity index is 365.